The Balaban J connectivity index is 1.63. The molecule has 1 aliphatic rings. The van der Waals surface area contributed by atoms with Gasteiger partial charge in [0.1, 0.15) is 6.26 Å². The smallest absolute Gasteiger partial charge is 0.257 e. The molecule has 27 heavy (non-hydrogen) atoms. The number of ether oxygens (including phenoxy) is 2. The number of hydrogen-bond donors (Lipinski definition) is 1. The van der Waals surface area contributed by atoms with Gasteiger partial charge in [0.05, 0.1) is 16.8 Å². The van der Waals surface area contributed by atoms with Crippen molar-refractivity contribution in [2.45, 2.75) is 0 Å². The van der Waals surface area contributed by atoms with Crippen LogP contribution in [-0.2, 0) is 0 Å². The number of nitrogens with one attached hydrogen (secondary N) is 1. The normalized spacial score (nSPS) is 12.3. The van der Waals surface area contributed by atoms with Crippen molar-refractivity contribution in [2.24, 2.45) is 0 Å². The number of rotatable bonds is 3. The zero-order valence-corrected chi connectivity index (χ0v) is 14.0. The predicted molar refractivity (Wildman–Crippen MR) is 97.8 cm³/mol. The number of fused-ring (bicyclic) bond motifs is 2. The SMILES string of the molecule is O=C(Nc1ccon1)c1cc(-c2ccc3c(c2)OCO3)nc2ccccc12. The molecule has 0 radical (unpaired) electrons. The number of carbonyl (C=O) groups is 1. The molecule has 7 heteroatoms. The first-order valence-electron chi connectivity index (χ1n) is 8.29. The molecule has 1 N–H and O–H groups in total. The summed E-state index contributed by atoms with van der Waals surface area (Å²) in [7, 11) is 0. The van der Waals surface area contributed by atoms with Crippen molar-refractivity contribution >= 4 is 22.6 Å². The van der Waals surface area contributed by atoms with E-state index in [1.165, 1.54) is 6.26 Å². The van der Waals surface area contributed by atoms with Crippen molar-refractivity contribution in [3.05, 3.63) is 66.4 Å². The Kier molecular flexibility index (Phi) is 3.50. The Bertz CT molecular complexity index is 1160. The average molecular weight is 359 g/mol. The van der Waals surface area contributed by atoms with Gasteiger partial charge in [-0.1, -0.05) is 23.4 Å². The molecule has 0 unspecified atom stereocenters. The third kappa shape index (κ3) is 2.75. The van der Waals surface area contributed by atoms with Crippen molar-refractivity contribution in [1.29, 1.82) is 0 Å². The summed E-state index contributed by atoms with van der Waals surface area (Å²) in [5.41, 5.74) is 2.71. The summed E-state index contributed by atoms with van der Waals surface area (Å²) in [5, 5.41) is 7.22. The average Bonchev–Trinajstić information content (AvgIpc) is 3.38. The zero-order chi connectivity index (χ0) is 18.2. The summed E-state index contributed by atoms with van der Waals surface area (Å²) in [6.45, 7) is 0.204. The number of benzene rings is 2. The third-order valence-electron chi connectivity index (χ3n) is 4.31. The van der Waals surface area contributed by atoms with E-state index in [1.54, 1.807) is 12.1 Å². The van der Waals surface area contributed by atoms with Gasteiger partial charge in [0.2, 0.25) is 6.79 Å². The predicted octanol–water partition coefficient (Wildman–Crippen LogP) is 3.87. The van der Waals surface area contributed by atoms with Crippen LogP contribution in [0.4, 0.5) is 5.82 Å². The number of carbonyl (C=O) groups excluding carboxylic acids is 1. The van der Waals surface area contributed by atoms with Crippen LogP contribution in [0.5, 0.6) is 11.5 Å². The molecule has 3 heterocycles. The van der Waals surface area contributed by atoms with Gasteiger partial charge in [0, 0.05) is 17.0 Å². The van der Waals surface area contributed by atoms with Gasteiger partial charge >= 0.3 is 0 Å². The molecule has 0 aliphatic carbocycles. The molecule has 0 fully saturated rings. The van der Waals surface area contributed by atoms with Gasteiger partial charge in [-0.15, -0.1) is 0 Å². The fraction of sp³-hybridized carbons (Fsp3) is 0.0500. The largest absolute Gasteiger partial charge is 0.454 e. The molecule has 2 aromatic heterocycles. The summed E-state index contributed by atoms with van der Waals surface area (Å²) in [5.74, 6) is 1.43. The molecule has 0 bridgehead atoms. The van der Waals surface area contributed by atoms with Crippen LogP contribution >= 0.6 is 0 Å². The molecular weight excluding hydrogens is 346 g/mol. The summed E-state index contributed by atoms with van der Waals surface area (Å²) in [6.07, 6.45) is 1.40. The maximum Gasteiger partial charge on any atom is 0.257 e. The molecule has 4 aromatic rings. The number of anilines is 1. The Morgan fingerprint density at radius 3 is 2.78 bits per heavy atom. The second-order valence-electron chi connectivity index (χ2n) is 5.98. The van der Waals surface area contributed by atoms with E-state index in [9.17, 15) is 4.79 Å². The van der Waals surface area contributed by atoms with Crippen LogP contribution < -0.4 is 14.8 Å². The van der Waals surface area contributed by atoms with Crippen molar-refractivity contribution < 1.29 is 18.8 Å². The fourth-order valence-electron chi connectivity index (χ4n) is 3.03. The number of nitrogens with zero attached hydrogens (tertiary/aromatic N) is 2. The lowest BCUT2D eigenvalue weighted by atomic mass is 10.0. The number of aromatic nitrogens is 2. The van der Waals surface area contributed by atoms with Gasteiger partial charge in [-0.3, -0.25) is 4.79 Å². The second kappa shape index (κ2) is 6.14. The Hall–Kier alpha value is -3.87. The van der Waals surface area contributed by atoms with Crippen LogP contribution in [0.15, 0.2) is 65.4 Å². The van der Waals surface area contributed by atoms with E-state index in [0.717, 1.165) is 16.5 Å². The standard InChI is InChI=1S/C20H13N3O4/c24-20(22-19-7-8-27-23-19)14-10-16(21-15-4-2-1-3-13(14)15)12-5-6-17-18(9-12)26-11-25-17/h1-10H,11H2,(H,22,23,24). The lowest BCUT2D eigenvalue weighted by Crippen LogP contribution is -2.13. The van der Waals surface area contributed by atoms with Crippen molar-refractivity contribution in [3.8, 4) is 22.8 Å². The van der Waals surface area contributed by atoms with Gasteiger partial charge in [-0.25, -0.2) is 4.98 Å². The molecule has 0 atom stereocenters. The van der Waals surface area contributed by atoms with Gasteiger partial charge in [0.15, 0.2) is 17.3 Å². The topological polar surface area (TPSA) is 86.5 Å². The minimum absolute atomic E-state index is 0.204. The summed E-state index contributed by atoms with van der Waals surface area (Å²) >= 11 is 0. The number of para-hydroxylation sites is 1. The highest BCUT2D eigenvalue weighted by molar-refractivity contribution is 6.12. The molecule has 1 amide bonds. The Labute approximate surface area is 153 Å². The molecule has 2 aromatic carbocycles. The second-order valence-corrected chi connectivity index (χ2v) is 5.98. The van der Waals surface area contributed by atoms with E-state index in [0.29, 0.717) is 28.6 Å². The maximum atomic E-state index is 12.8. The van der Waals surface area contributed by atoms with Crippen LogP contribution in [-0.4, -0.2) is 22.8 Å². The fourth-order valence-corrected chi connectivity index (χ4v) is 3.03. The first-order valence-corrected chi connectivity index (χ1v) is 8.29. The Morgan fingerprint density at radius 2 is 1.89 bits per heavy atom. The van der Waals surface area contributed by atoms with Crippen molar-refractivity contribution in [2.75, 3.05) is 12.1 Å². The number of amides is 1. The van der Waals surface area contributed by atoms with E-state index >= 15 is 0 Å². The quantitative estimate of drug-likeness (QED) is 0.597. The first kappa shape index (κ1) is 15.4. The molecule has 132 valence electrons. The van der Waals surface area contributed by atoms with Crippen molar-refractivity contribution in [1.82, 2.24) is 10.1 Å². The molecule has 7 nitrogen and oxygen atoms in total. The van der Waals surface area contributed by atoms with E-state index in [2.05, 4.69) is 10.5 Å². The molecule has 5 rings (SSSR count). The van der Waals surface area contributed by atoms with E-state index in [1.807, 2.05) is 42.5 Å². The molecule has 1 aliphatic heterocycles. The maximum absolute atomic E-state index is 12.8. The zero-order valence-electron chi connectivity index (χ0n) is 14.0. The highest BCUT2D eigenvalue weighted by atomic mass is 16.7. The molecule has 0 saturated carbocycles. The molecular formula is C20H13N3O4. The van der Waals surface area contributed by atoms with Gasteiger partial charge in [-0.05, 0) is 30.3 Å². The number of hydrogen-bond acceptors (Lipinski definition) is 6. The minimum atomic E-state index is -0.288. The minimum Gasteiger partial charge on any atom is -0.454 e. The van der Waals surface area contributed by atoms with Crippen LogP contribution in [0.3, 0.4) is 0 Å². The van der Waals surface area contributed by atoms with Crippen LogP contribution in [0, 0.1) is 0 Å². The van der Waals surface area contributed by atoms with Crippen LogP contribution in [0.1, 0.15) is 10.4 Å². The molecule has 0 saturated heterocycles. The lowest BCUT2D eigenvalue weighted by Gasteiger charge is -2.10. The van der Waals surface area contributed by atoms with Gasteiger partial charge in [-0.2, -0.15) is 0 Å². The summed E-state index contributed by atoms with van der Waals surface area (Å²) < 4.78 is 15.6. The molecule has 0 spiro atoms. The first-order chi connectivity index (χ1) is 13.3. The van der Waals surface area contributed by atoms with Gasteiger partial charge in [0.25, 0.3) is 5.91 Å². The lowest BCUT2D eigenvalue weighted by molar-refractivity contribution is 0.102. The van der Waals surface area contributed by atoms with E-state index in [-0.39, 0.29) is 12.7 Å². The van der Waals surface area contributed by atoms with E-state index < -0.39 is 0 Å². The monoisotopic (exact) mass is 359 g/mol. The highest BCUT2D eigenvalue weighted by Crippen LogP contribution is 2.36. The summed E-state index contributed by atoms with van der Waals surface area (Å²) in [6, 6.07) is 16.4. The third-order valence-corrected chi connectivity index (χ3v) is 4.31. The van der Waals surface area contributed by atoms with Gasteiger partial charge < -0.3 is 19.3 Å². The van der Waals surface area contributed by atoms with Crippen LogP contribution in [0.25, 0.3) is 22.2 Å². The van der Waals surface area contributed by atoms with Crippen LogP contribution in [0.2, 0.25) is 0 Å². The van der Waals surface area contributed by atoms with E-state index in [4.69, 9.17) is 19.0 Å². The van der Waals surface area contributed by atoms with Crippen molar-refractivity contribution in [3.63, 3.8) is 0 Å². The Morgan fingerprint density at radius 1 is 1.00 bits per heavy atom. The number of pyridine rings is 1. The highest BCUT2D eigenvalue weighted by Gasteiger charge is 2.18. The summed E-state index contributed by atoms with van der Waals surface area (Å²) in [4.78, 5) is 17.5.